The molecular formula is C14H13F3NO2PS. The Morgan fingerprint density at radius 3 is 2.18 bits per heavy atom. The first-order valence-electron chi connectivity index (χ1n) is 6.20. The van der Waals surface area contributed by atoms with Crippen LogP contribution in [-0.2, 0) is 4.57 Å². The second-order valence-corrected chi connectivity index (χ2v) is 7.67. The summed E-state index contributed by atoms with van der Waals surface area (Å²) in [4.78, 5) is 0.0629. The van der Waals surface area contributed by atoms with Crippen molar-refractivity contribution in [2.75, 3.05) is 11.8 Å². The number of anilines is 1. The molecule has 0 saturated heterocycles. The van der Waals surface area contributed by atoms with Gasteiger partial charge in [0, 0.05) is 17.2 Å². The smallest absolute Gasteiger partial charge is 0.429 e. The minimum absolute atomic E-state index is 0.0629. The molecule has 3 nitrogen and oxygen atoms in total. The fourth-order valence-corrected chi connectivity index (χ4v) is 3.40. The molecule has 0 bridgehead atoms. The molecule has 1 N–H and O–H groups in total. The summed E-state index contributed by atoms with van der Waals surface area (Å²) in [6.45, 7) is 1.40. The molecule has 0 aliphatic carbocycles. The molecule has 0 unspecified atom stereocenters. The van der Waals surface area contributed by atoms with Gasteiger partial charge in [0.25, 0.3) is 0 Å². The van der Waals surface area contributed by atoms with Gasteiger partial charge in [-0.3, -0.25) is 4.57 Å². The van der Waals surface area contributed by atoms with Crippen molar-refractivity contribution in [3.63, 3.8) is 0 Å². The highest BCUT2D eigenvalue weighted by Crippen LogP contribution is 2.44. The number of nitrogens with one attached hydrogen (secondary N) is 1. The van der Waals surface area contributed by atoms with E-state index in [1.807, 2.05) is 0 Å². The summed E-state index contributed by atoms with van der Waals surface area (Å²) < 4.78 is 54.4. The van der Waals surface area contributed by atoms with Crippen molar-refractivity contribution in [2.45, 2.75) is 10.4 Å². The number of para-hydroxylation sites is 1. The zero-order valence-corrected chi connectivity index (χ0v) is 13.2. The second kappa shape index (κ2) is 6.67. The van der Waals surface area contributed by atoms with Gasteiger partial charge in [0.15, 0.2) is 0 Å². The molecule has 0 aromatic heterocycles. The van der Waals surface area contributed by atoms with Crippen LogP contribution in [0.1, 0.15) is 0 Å². The summed E-state index contributed by atoms with van der Waals surface area (Å²) in [6, 6.07) is 14.1. The van der Waals surface area contributed by atoms with Crippen molar-refractivity contribution < 1.29 is 22.3 Å². The van der Waals surface area contributed by atoms with E-state index in [0.29, 0.717) is 11.4 Å². The first kappa shape index (κ1) is 16.8. The minimum Gasteiger partial charge on any atom is -0.429 e. The highest BCUT2D eigenvalue weighted by molar-refractivity contribution is 8.00. The molecule has 2 aromatic carbocycles. The Bertz CT molecular complexity index is 662. The van der Waals surface area contributed by atoms with Crippen molar-refractivity contribution in [3.8, 4) is 5.75 Å². The fraction of sp³-hybridized carbons (Fsp3) is 0.143. The number of thioether (sulfide) groups is 1. The summed E-state index contributed by atoms with van der Waals surface area (Å²) in [5, 5.41) is 2.70. The van der Waals surface area contributed by atoms with Crippen molar-refractivity contribution in [3.05, 3.63) is 54.6 Å². The van der Waals surface area contributed by atoms with Gasteiger partial charge in [-0.05, 0) is 48.2 Å². The topological polar surface area (TPSA) is 38.3 Å². The summed E-state index contributed by atoms with van der Waals surface area (Å²) in [6.07, 6.45) is 0. The van der Waals surface area contributed by atoms with Crippen molar-refractivity contribution in [1.29, 1.82) is 0 Å². The summed E-state index contributed by atoms with van der Waals surface area (Å²) in [5.41, 5.74) is -3.90. The SMILES string of the molecule is C[P@](=O)(Nc1ccc(SC(F)(F)F)cc1)Oc1ccccc1. The number of halogens is 3. The third-order valence-electron chi connectivity index (χ3n) is 2.44. The monoisotopic (exact) mass is 347 g/mol. The van der Waals surface area contributed by atoms with Crippen molar-refractivity contribution in [1.82, 2.24) is 0 Å². The van der Waals surface area contributed by atoms with Crippen LogP contribution in [0.15, 0.2) is 59.5 Å². The molecular weight excluding hydrogens is 334 g/mol. The van der Waals surface area contributed by atoms with Crippen molar-refractivity contribution >= 4 is 25.0 Å². The number of rotatable bonds is 5. The van der Waals surface area contributed by atoms with E-state index in [4.69, 9.17) is 4.52 Å². The van der Waals surface area contributed by atoms with Gasteiger partial charge >= 0.3 is 13.0 Å². The van der Waals surface area contributed by atoms with Gasteiger partial charge in [0.2, 0.25) is 0 Å². The molecule has 22 heavy (non-hydrogen) atoms. The van der Waals surface area contributed by atoms with Gasteiger partial charge < -0.3 is 9.61 Å². The van der Waals surface area contributed by atoms with Crippen LogP contribution in [-0.4, -0.2) is 12.2 Å². The third-order valence-corrected chi connectivity index (χ3v) is 4.41. The Hall–Kier alpha value is -1.59. The summed E-state index contributed by atoms with van der Waals surface area (Å²) in [7, 11) is -3.17. The molecule has 8 heteroatoms. The maximum absolute atomic E-state index is 12.3. The lowest BCUT2D eigenvalue weighted by Gasteiger charge is -2.17. The molecule has 0 radical (unpaired) electrons. The average molecular weight is 347 g/mol. The first-order chi connectivity index (χ1) is 10.2. The molecule has 0 amide bonds. The summed E-state index contributed by atoms with van der Waals surface area (Å²) >= 11 is -0.198. The average Bonchev–Trinajstić information content (AvgIpc) is 2.39. The molecule has 1 atom stereocenters. The maximum atomic E-state index is 12.3. The fourth-order valence-electron chi connectivity index (χ4n) is 1.67. The standard InChI is InChI=1S/C14H13F3NO2PS/c1-21(19,20-12-5-3-2-4-6-12)18-11-7-9-13(10-8-11)22-14(15,16)17/h2-10H,1H3,(H,18,19)/t21-/m1/s1. The molecule has 0 aliphatic heterocycles. The lowest BCUT2D eigenvalue weighted by Crippen LogP contribution is -2.02. The van der Waals surface area contributed by atoms with Gasteiger partial charge in [0.05, 0.1) is 0 Å². The Morgan fingerprint density at radius 2 is 1.64 bits per heavy atom. The Labute approximate surface area is 130 Å². The molecule has 0 aliphatic rings. The van der Waals surface area contributed by atoms with Crippen LogP contribution in [0.5, 0.6) is 5.75 Å². The second-order valence-electron chi connectivity index (χ2n) is 4.43. The van der Waals surface area contributed by atoms with Crippen LogP contribution >= 0.6 is 19.3 Å². The highest BCUT2D eigenvalue weighted by atomic mass is 32.2. The minimum atomic E-state index is -4.33. The Morgan fingerprint density at radius 1 is 1.05 bits per heavy atom. The van der Waals surface area contributed by atoms with Crippen LogP contribution < -0.4 is 9.61 Å². The predicted molar refractivity (Wildman–Crippen MR) is 82.6 cm³/mol. The maximum Gasteiger partial charge on any atom is 0.446 e. The van der Waals surface area contributed by atoms with Crippen LogP contribution in [0.2, 0.25) is 0 Å². The van der Waals surface area contributed by atoms with Crippen molar-refractivity contribution in [2.24, 2.45) is 0 Å². The van der Waals surface area contributed by atoms with E-state index >= 15 is 0 Å². The number of hydrogen-bond donors (Lipinski definition) is 1. The van der Waals surface area contributed by atoms with E-state index in [9.17, 15) is 17.7 Å². The molecule has 118 valence electrons. The Kier molecular flexibility index (Phi) is 5.08. The number of alkyl halides is 3. The zero-order valence-electron chi connectivity index (χ0n) is 11.5. The van der Waals surface area contributed by atoms with Crippen LogP contribution in [0.25, 0.3) is 0 Å². The molecule has 0 heterocycles. The lowest BCUT2D eigenvalue weighted by atomic mass is 10.3. The van der Waals surface area contributed by atoms with E-state index < -0.39 is 13.0 Å². The van der Waals surface area contributed by atoms with Gasteiger partial charge in [-0.25, -0.2) is 0 Å². The largest absolute Gasteiger partial charge is 0.446 e. The summed E-state index contributed by atoms with van der Waals surface area (Å²) in [5.74, 6) is 0.449. The van der Waals surface area contributed by atoms with E-state index in [1.165, 1.54) is 30.9 Å². The molecule has 2 aromatic rings. The first-order valence-corrected chi connectivity index (χ1v) is 9.09. The van der Waals surface area contributed by atoms with Gasteiger partial charge in [-0.1, -0.05) is 18.2 Å². The van der Waals surface area contributed by atoms with Gasteiger partial charge in [0.1, 0.15) is 5.75 Å². The molecule has 2 rings (SSSR count). The highest BCUT2D eigenvalue weighted by Gasteiger charge is 2.29. The molecule has 0 saturated carbocycles. The molecule has 0 spiro atoms. The normalized spacial score (nSPS) is 14.2. The lowest BCUT2D eigenvalue weighted by molar-refractivity contribution is -0.0328. The van der Waals surface area contributed by atoms with Crippen LogP contribution in [0.3, 0.4) is 0 Å². The quantitative estimate of drug-likeness (QED) is 0.563. The van der Waals surface area contributed by atoms with E-state index in [1.54, 1.807) is 30.3 Å². The van der Waals surface area contributed by atoms with E-state index in [-0.39, 0.29) is 16.7 Å². The van der Waals surface area contributed by atoms with Gasteiger partial charge in [-0.2, -0.15) is 13.2 Å². The zero-order chi connectivity index (χ0) is 16.2. The predicted octanol–water partition coefficient (Wildman–Crippen LogP) is 5.61. The Balaban J connectivity index is 2.02. The number of hydrogen-bond acceptors (Lipinski definition) is 3. The third kappa shape index (κ3) is 5.66. The number of benzene rings is 2. The van der Waals surface area contributed by atoms with E-state index in [0.717, 1.165) is 0 Å². The van der Waals surface area contributed by atoms with Crippen LogP contribution in [0, 0.1) is 0 Å². The van der Waals surface area contributed by atoms with E-state index in [2.05, 4.69) is 5.09 Å². The molecule has 0 fully saturated rings. The van der Waals surface area contributed by atoms with Gasteiger partial charge in [-0.15, -0.1) is 0 Å². The van der Waals surface area contributed by atoms with Crippen LogP contribution in [0.4, 0.5) is 18.9 Å².